The highest BCUT2D eigenvalue weighted by Crippen LogP contribution is 2.37. The fraction of sp³-hybridized carbons (Fsp3) is 0.231. The lowest BCUT2D eigenvalue weighted by Crippen LogP contribution is -2.21. The molecule has 1 aromatic carbocycles. The van der Waals surface area contributed by atoms with Crippen LogP contribution in [0.5, 0.6) is 0 Å². The lowest BCUT2D eigenvalue weighted by Gasteiger charge is -2.20. The SMILES string of the molecule is CNC(c1csc(Br)c1)c1ccccc1C(F)(F)F. The van der Waals surface area contributed by atoms with E-state index < -0.39 is 17.8 Å². The highest BCUT2D eigenvalue weighted by molar-refractivity contribution is 9.11. The van der Waals surface area contributed by atoms with Crippen LogP contribution in [0.25, 0.3) is 0 Å². The molecular weight excluding hydrogens is 339 g/mol. The van der Waals surface area contributed by atoms with Gasteiger partial charge in [0.05, 0.1) is 15.4 Å². The Morgan fingerprint density at radius 2 is 1.95 bits per heavy atom. The van der Waals surface area contributed by atoms with E-state index in [-0.39, 0.29) is 5.56 Å². The highest BCUT2D eigenvalue weighted by atomic mass is 79.9. The third-order valence-electron chi connectivity index (χ3n) is 2.79. The number of benzene rings is 1. The molecule has 1 atom stereocenters. The number of thiophene rings is 1. The molecule has 0 aliphatic heterocycles. The van der Waals surface area contributed by atoms with Gasteiger partial charge in [0.25, 0.3) is 0 Å². The fourth-order valence-electron chi connectivity index (χ4n) is 1.98. The van der Waals surface area contributed by atoms with Crippen LogP contribution in [0.2, 0.25) is 0 Å². The maximum Gasteiger partial charge on any atom is 0.416 e. The Morgan fingerprint density at radius 3 is 2.47 bits per heavy atom. The molecule has 0 amide bonds. The Kier molecular flexibility index (Phi) is 4.32. The predicted octanol–water partition coefficient (Wildman–Crippen LogP) is 4.84. The van der Waals surface area contributed by atoms with E-state index >= 15 is 0 Å². The van der Waals surface area contributed by atoms with Gasteiger partial charge < -0.3 is 5.32 Å². The Balaban J connectivity index is 2.50. The molecule has 1 N–H and O–H groups in total. The van der Waals surface area contributed by atoms with Crippen molar-refractivity contribution >= 4 is 27.3 Å². The van der Waals surface area contributed by atoms with Gasteiger partial charge in [-0.3, -0.25) is 0 Å². The molecule has 0 aliphatic carbocycles. The molecule has 2 rings (SSSR count). The van der Waals surface area contributed by atoms with Gasteiger partial charge in [0.15, 0.2) is 0 Å². The quantitative estimate of drug-likeness (QED) is 0.835. The zero-order valence-corrected chi connectivity index (χ0v) is 12.4. The summed E-state index contributed by atoms with van der Waals surface area (Å²) in [4.78, 5) is 0. The minimum absolute atomic E-state index is 0.239. The summed E-state index contributed by atoms with van der Waals surface area (Å²) < 4.78 is 40.0. The van der Waals surface area contributed by atoms with Gasteiger partial charge in [-0.2, -0.15) is 13.2 Å². The molecule has 0 fully saturated rings. The van der Waals surface area contributed by atoms with Gasteiger partial charge in [-0.25, -0.2) is 0 Å². The molecule has 1 aromatic heterocycles. The molecule has 2 aromatic rings. The highest BCUT2D eigenvalue weighted by Gasteiger charge is 2.35. The minimum atomic E-state index is -4.35. The summed E-state index contributed by atoms with van der Waals surface area (Å²) >= 11 is 4.78. The van der Waals surface area contributed by atoms with E-state index in [1.807, 2.05) is 11.4 Å². The third kappa shape index (κ3) is 3.19. The van der Waals surface area contributed by atoms with E-state index in [9.17, 15) is 13.2 Å². The molecule has 1 unspecified atom stereocenters. The molecule has 0 radical (unpaired) electrons. The van der Waals surface area contributed by atoms with Crippen LogP contribution in [-0.2, 0) is 6.18 Å². The van der Waals surface area contributed by atoms with Crippen molar-refractivity contribution in [2.75, 3.05) is 7.05 Å². The van der Waals surface area contributed by atoms with E-state index in [4.69, 9.17) is 0 Å². The Morgan fingerprint density at radius 1 is 1.26 bits per heavy atom. The monoisotopic (exact) mass is 349 g/mol. The summed E-state index contributed by atoms with van der Waals surface area (Å²) in [7, 11) is 1.66. The molecule has 0 spiro atoms. The third-order valence-corrected chi connectivity index (χ3v) is 4.31. The Labute approximate surface area is 121 Å². The first kappa shape index (κ1) is 14.6. The van der Waals surface area contributed by atoms with Crippen LogP contribution in [0.1, 0.15) is 22.7 Å². The van der Waals surface area contributed by atoms with E-state index in [1.54, 1.807) is 13.1 Å². The molecule has 102 valence electrons. The van der Waals surface area contributed by atoms with Gasteiger partial charge in [-0.15, -0.1) is 11.3 Å². The van der Waals surface area contributed by atoms with Crippen LogP contribution in [0.15, 0.2) is 39.5 Å². The smallest absolute Gasteiger partial charge is 0.309 e. The summed E-state index contributed by atoms with van der Waals surface area (Å²) in [6.07, 6.45) is -4.35. The first-order chi connectivity index (χ1) is 8.93. The summed E-state index contributed by atoms with van der Waals surface area (Å²) in [6.45, 7) is 0. The van der Waals surface area contributed by atoms with Gasteiger partial charge in [0.1, 0.15) is 0 Å². The molecular formula is C13H11BrF3NS. The van der Waals surface area contributed by atoms with Gasteiger partial charge in [-0.05, 0) is 51.6 Å². The summed E-state index contributed by atoms with van der Waals surface area (Å²) in [5.41, 5.74) is 0.454. The Bertz CT molecular complexity index is 565. The predicted molar refractivity (Wildman–Crippen MR) is 74.4 cm³/mol. The van der Waals surface area contributed by atoms with Gasteiger partial charge >= 0.3 is 6.18 Å². The number of halogens is 4. The summed E-state index contributed by atoms with van der Waals surface area (Å²) in [6, 6.07) is 7.01. The number of rotatable bonds is 3. The van der Waals surface area contributed by atoms with Crippen LogP contribution in [0.3, 0.4) is 0 Å². The maximum atomic E-state index is 13.0. The van der Waals surface area contributed by atoms with E-state index in [0.29, 0.717) is 0 Å². The van der Waals surface area contributed by atoms with E-state index in [2.05, 4.69) is 21.2 Å². The number of alkyl halides is 3. The van der Waals surface area contributed by atoms with Crippen molar-refractivity contribution in [3.63, 3.8) is 0 Å². The molecule has 0 saturated carbocycles. The molecule has 1 nitrogen and oxygen atoms in total. The van der Waals surface area contributed by atoms with Crippen LogP contribution >= 0.6 is 27.3 Å². The summed E-state index contributed by atoms with van der Waals surface area (Å²) in [5, 5.41) is 4.79. The van der Waals surface area contributed by atoms with Gasteiger partial charge in [0.2, 0.25) is 0 Å². The number of nitrogens with one attached hydrogen (secondary N) is 1. The number of hydrogen-bond acceptors (Lipinski definition) is 2. The molecule has 0 saturated heterocycles. The lowest BCUT2D eigenvalue weighted by atomic mass is 9.96. The Hall–Kier alpha value is -0.850. The van der Waals surface area contributed by atoms with Crippen molar-refractivity contribution in [1.29, 1.82) is 0 Å². The lowest BCUT2D eigenvalue weighted by molar-refractivity contribution is -0.138. The largest absolute Gasteiger partial charge is 0.416 e. The van der Waals surface area contributed by atoms with Crippen molar-refractivity contribution in [2.45, 2.75) is 12.2 Å². The van der Waals surface area contributed by atoms with Crippen molar-refractivity contribution in [2.24, 2.45) is 0 Å². The maximum absolute atomic E-state index is 13.0. The second kappa shape index (κ2) is 5.64. The molecule has 1 heterocycles. The standard InChI is InChI=1S/C13H11BrF3NS/c1-18-12(8-6-11(14)19-7-8)9-4-2-3-5-10(9)13(15,16)17/h2-7,12,18H,1H3. The van der Waals surface area contributed by atoms with Gasteiger partial charge in [-0.1, -0.05) is 18.2 Å². The zero-order valence-electron chi connectivity index (χ0n) is 9.96. The minimum Gasteiger partial charge on any atom is -0.309 e. The van der Waals surface area contributed by atoms with E-state index in [1.165, 1.54) is 23.5 Å². The van der Waals surface area contributed by atoms with Crippen molar-refractivity contribution < 1.29 is 13.2 Å². The van der Waals surface area contributed by atoms with Gasteiger partial charge in [0, 0.05) is 0 Å². The molecule has 6 heteroatoms. The average Bonchev–Trinajstić information content (AvgIpc) is 2.76. The first-order valence-corrected chi connectivity index (χ1v) is 7.18. The summed E-state index contributed by atoms with van der Waals surface area (Å²) in [5.74, 6) is 0. The first-order valence-electron chi connectivity index (χ1n) is 5.51. The van der Waals surface area contributed by atoms with Crippen molar-refractivity contribution in [3.05, 3.63) is 56.2 Å². The van der Waals surface area contributed by atoms with Crippen molar-refractivity contribution in [3.8, 4) is 0 Å². The molecule has 19 heavy (non-hydrogen) atoms. The van der Waals surface area contributed by atoms with E-state index in [0.717, 1.165) is 15.4 Å². The molecule has 0 bridgehead atoms. The van der Waals surface area contributed by atoms with Crippen molar-refractivity contribution in [1.82, 2.24) is 5.32 Å². The second-order valence-corrected chi connectivity index (χ2v) is 6.28. The van der Waals surface area contributed by atoms with Crippen LogP contribution in [0.4, 0.5) is 13.2 Å². The molecule has 0 aliphatic rings. The topological polar surface area (TPSA) is 12.0 Å². The normalized spacial score (nSPS) is 13.5. The average molecular weight is 350 g/mol. The van der Waals surface area contributed by atoms with Crippen LogP contribution in [-0.4, -0.2) is 7.05 Å². The number of hydrogen-bond donors (Lipinski definition) is 1. The second-order valence-electron chi connectivity index (χ2n) is 3.99. The zero-order chi connectivity index (χ0) is 14.0. The van der Waals surface area contributed by atoms with Crippen LogP contribution < -0.4 is 5.32 Å². The fourth-order valence-corrected chi connectivity index (χ4v) is 3.19. The van der Waals surface area contributed by atoms with Crippen LogP contribution in [0, 0.1) is 0 Å².